The van der Waals surface area contributed by atoms with E-state index in [0.717, 1.165) is 22.3 Å². The second kappa shape index (κ2) is 8.26. The van der Waals surface area contributed by atoms with Crippen LogP contribution in [0.5, 0.6) is 0 Å². The predicted molar refractivity (Wildman–Crippen MR) is 98.0 cm³/mol. The molecule has 0 spiro atoms. The number of thiophene rings is 1. The number of carbonyl (C=O) groups excluding carboxylic acids is 2. The van der Waals surface area contributed by atoms with Gasteiger partial charge >= 0.3 is 0 Å². The molecule has 122 valence electrons. The molecule has 1 aromatic carbocycles. The number of nitrogens with zero attached hydrogens (tertiary/aromatic N) is 1. The topological polar surface area (TPSA) is 49.4 Å². The lowest BCUT2D eigenvalue weighted by Gasteiger charge is -2.16. The highest BCUT2D eigenvalue weighted by Gasteiger charge is 2.16. The minimum atomic E-state index is -0.209. The molecule has 0 fully saturated rings. The number of halogens is 1. The molecule has 0 unspecified atom stereocenters. The van der Waals surface area contributed by atoms with Crippen molar-refractivity contribution in [1.82, 2.24) is 4.90 Å². The fourth-order valence-electron chi connectivity index (χ4n) is 2.15. The van der Waals surface area contributed by atoms with Gasteiger partial charge in [-0.3, -0.25) is 9.59 Å². The Bertz CT molecular complexity index is 682. The van der Waals surface area contributed by atoms with E-state index in [-0.39, 0.29) is 18.4 Å². The van der Waals surface area contributed by atoms with Crippen molar-refractivity contribution in [3.8, 4) is 0 Å². The van der Waals surface area contributed by atoms with E-state index >= 15 is 0 Å². The lowest BCUT2D eigenvalue weighted by molar-refractivity contribution is -0.116. The van der Waals surface area contributed by atoms with E-state index in [1.54, 1.807) is 13.1 Å². The maximum atomic E-state index is 12.2. The van der Waals surface area contributed by atoms with Crippen LogP contribution in [0.3, 0.4) is 0 Å². The molecular formula is C17H19BrN2O2S. The van der Waals surface area contributed by atoms with Crippen LogP contribution in [-0.4, -0.2) is 30.3 Å². The molecule has 0 saturated carbocycles. The Kier molecular flexibility index (Phi) is 6.36. The van der Waals surface area contributed by atoms with Crippen molar-refractivity contribution in [2.45, 2.75) is 19.8 Å². The van der Waals surface area contributed by atoms with Crippen molar-refractivity contribution >= 4 is 44.8 Å². The molecule has 0 radical (unpaired) electrons. The van der Waals surface area contributed by atoms with E-state index in [1.807, 2.05) is 30.3 Å². The monoisotopic (exact) mass is 394 g/mol. The van der Waals surface area contributed by atoms with Gasteiger partial charge in [-0.05, 0) is 52.2 Å². The zero-order valence-corrected chi connectivity index (χ0v) is 15.5. The summed E-state index contributed by atoms with van der Waals surface area (Å²) >= 11 is 4.69. The molecule has 0 aliphatic rings. The van der Waals surface area contributed by atoms with Crippen LogP contribution >= 0.6 is 27.3 Å². The lowest BCUT2D eigenvalue weighted by Crippen LogP contribution is -2.34. The molecule has 0 aliphatic carbocycles. The standard InChI is InChI=1S/C17H19BrN2O2S/c1-3-4-12-5-7-13(8-6-12)19-16(21)11-20(2)17(22)14-9-10-15(18)23-14/h5-10H,3-4,11H2,1-2H3,(H,19,21). The summed E-state index contributed by atoms with van der Waals surface area (Å²) in [5.41, 5.74) is 2.00. The van der Waals surface area contributed by atoms with Crippen LogP contribution in [0.1, 0.15) is 28.6 Å². The Balaban J connectivity index is 1.89. The van der Waals surface area contributed by atoms with Crippen LogP contribution in [0.4, 0.5) is 5.69 Å². The van der Waals surface area contributed by atoms with E-state index in [0.29, 0.717) is 4.88 Å². The van der Waals surface area contributed by atoms with E-state index < -0.39 is 0 Å². The van der Waals surface area contributed by atoms with Gasteiger partial charge in [0, 0.05) is 12.7 Å². The zero-order chi connectivity index (χ0) is 16.8. The molecule has 0 bridgehead atoms. The number of likely N-dealkylation sites (N-methyl/N-ethyl adjacent to an activating group) is 1. The first-order chi connectivity index (χ1) is 11.0. The second-order valence-electron chi connectivity index (χ2n) is 5.26. The molecule has 6 heteroatoms. The third kappa shape index (κ3) is 5.18. The fourth-order valence-corrected chi connectivity index (χ4v) is 3.53. The number of hydrogen-bond acceptors (Lipinski definition) is 3. The molecule has 1 heterocycles. The SMILES string of the molecule is CCCc1ccc(NC(=O)CN(C)C(=O)c2ccc(Br)s2)cc1. The average molecular weight is 395 g/mol. The van der Waals surface area contributed by atoms with Crippen LogP contribution in [-0.2, 0) is 11.2 Å². The van der Waals surface area contributed by atoms with Gasteiger partial charge in [-0.15, -0.1) is 11.3 Å². The van der Waals surface area contributed by atoms with Crippen molar-refractivity contribution in [3.05, 3.63) is 50.6 Å². The van der Waals surface area contributed by atoms with Gasteiger partial charge in [-0.2, -0.15) is 0 Å². The summed E-state index contributed by atoms with van der Waals surface area (Å²) in [6, 6.07) is 11.4. The summed E-state index contributed by atoms with van der Waals surface area (Å²) in [7, 11) is 1.62. The Morgan fingerprint density at radius 3 is 2.43 bits per heavy atom. The highest BCUT2D eigenvalue weighted by atomic mass is 79.9. The van der Waals surface area contributed by atoms with Crippen LogP contribution in [0.15, 0.2) is 40.2 Å². The Morgan fingerprint density at radius 2 is 1.87 bits per heavy atom. The summed E-state index contributed by atoms with van der Waals surface area (Å²) in [5, 5.41) is 2.82. The van der Waals surface area contributed by atoms with Gasteiger partial charge in [0.25, 0.3) is 5.91 Å². The van der Waals surface area contributed by atoms with Crippen LogP contribution in [0.25, 0.3) is 0 Å². The number of aryl methyl sites for hydroxylation is 1. The minimum Gasteiger partial charge on any atom is -0.332 e. The molecule has 4 nitrogen and oxygen atoms in total. The minimum absolute atomic E-state index is 0.0189. The summed E-state index contributed by atoms with van der Waals surface area (Å²) in [6.45, 7) is 2.15. The second-order valence-corrected chi connectivity index (χ2v) is 7.72. The summed E-state index contributed by atoms with van der Waals surface area (Å²) in [4.78, 5) is 26.3. The maximum Gasteiger partial charge on any atom is 0.264 e. The average Bonchev–Trinajstić information content (AvgIpc) is 2.95. The van der Waals surface area contributed by atoms with Crippen molar-refractivity contribution in [2.24, 2.45) is 0 Å². The molecule has 1 N–H and O–H groups in total. The van der Waals surface area contributed by atoms with E-state index in [1.165, 1.54) is 21.8 Å². The maximum absolute atomic E-state index is 12.2. The summed E-state index contributed by atoms with van der Waals surface area (Å²) in [6.07, 6.45) is 2.12. The van der Waals surface area contributed by atoms with Crippen LogP contribution in [0.2, 0.25) is 0 Å². The first-order valence-corrected chi connectivity index (χ1v) is 9.00. The van der Waals surface area contributed by atoms with Crippen molar-refractivity contribution in [1.29, 1.82) is 0 Å². The molecule has 0 saturated heterocycles. The molecule has 0 aliphatic heterocycles. The smallest absolute Gasteiger partial charge is 0.264 e. The molecule has 2 amide bonds. The first kappa shape index (κ1) is 17.7. The Hall–Kier alpha value is -1.66. The molecular weight excluding hydrogens is 376 g/mol. The van der Waals surface area contributed by atoms with Gasteiger partial charge < -0.3 is 10.2 Å². The van der Waals surface area contributed by atoms with Gasteiger partial charge in [-0.25, -0.2) is 0 Å². The fraction of sp³-hybridized carbons (Fsp3) is 0.294. The zero-order valence-electron chi connectivity index (χ0n) is 13.1. The third-order valence-electron chi connectivity index (χ3n) is 3.29. The highest BCUT2D eigenvalue weighted by molar-refractivity contribution is 9.11. The van der Waals surface area contributed by atoms with Crippen molar-refractivity contribution < 1.29 is 9.59 Å². The van der Waals surface area contributed by atoms with Crippen molar-refractivity contribution in [3.63, 3.8) is 0 Å². The molecule has 23 heavy (non-hydrogen) atoms. The van der Waals surface area contributed by atoms with Gasteiger partial charge in [0.05, 0.1) is 15.2 Å². The number of amides is 2. The van der Waals surface area contributed by atoms with Crippen molar-refractivity contribution in [2.75, 3.05) is 18.9 Å². The normalized spacial score (nSPS) is 10.4. The van der Waals surface area contributed by atoms with Crippen LogP contribution < -0.4 is 5.32 Å². The van der Waals surface area contributed by atoms with E-state index in [9.17, 15) is 9.59 Å². The molecule has 2 aromatic rings. The predicted octanol–water partition coefficient (Wildman–Crippen LogP) is 4.17. The summed E-state index contributed by atoms with van der Waals surface area (Å²) < 4.78 is 0.894. The first-order valence-electron chi connectivity index (χ1n) is 7.39. The Labute approximate surface area is 148 Å². The quantitative estimate of drug-likeness (QED) is 0.798. The third-order valence-corrected chi connectivity index (χ3v) is 4.90. The van der Waals surface area contributed by atoms with E-state index in [4.69, 9.17) is 0 Å². The van der Waals surface area contributed by atoms with Gasteiger partial charge in [0.1, 0.15) is 0 Å². The molecule has 2 rings (SSSR count). The van der Waals surface area contributed by atoms with E-state index in [2.05, 4.69) is 28.2 Å². The Morgan fingerprint density at radius 1 is 1.17 bits per heavy atom. The van der Waals surface area contributed by atoms with Gasteiger partial charge in [0.15, 0.2) is 0 Å². The largest absolute Gasteiger partial charge is 0.332 e. The number of hydrogen-bond donors (Lipinski definition) is 1. The molecule has 0 atom stereocenters. The van der Waals surface area contributed by atoms with Gasteiger partial charge in [-0.1, -0.05) is 25.5 Å². The molecule has 1 aromatic heterocycles. The number of nitrogens with one attached hydrogen (secondary N) is 1. The lowest BCUT2D eigenvalue weighted by atomic mass is 10.1. The number of anilines is 1. The van der Waals surface area contributed by atoms with Crippen LogP contribution in [0, 0.1) is 0 Å². The summed E-state index contributed by atoms with van der Waals surface area (Å²) in [5.74, 6) is -0.367. The number of rotatable bonds is 6. The highest BCUT2D eigenvalue weighted by Crippen LogP contribution is 2.23. The number of benzene rings is 1. The van der Waals surface area contributed by atoms with Gasteiger partial charge in [0.2, 0.25) is 5.91 Å². The number of carbonyl (C=O) groups is 2.